The fraction of sp³-hybridized carbons (Fsp3) is 0.231. The number of nitrogens with one attached hydrogen (secondary N) is 1. The molecular formula is C13H13N5S. The summed E-state index contributed by atoms with van der Waals surface area (Å²) in [6, 6.07) is 1.81. The zero-order valence-electron chi connectivity index (χ0n) is 10.9. The lowest BCUT2D eigenvalue weighted by atomic mass is 10.2. The van der Waals surface area contributed by atoms with Gasteiger partial charge in [-0.1, -0.05) is 0 Å². The van der Waals surface area contributed by atoms with Crippen LogP contribution < -0.4 is 5.32 Å². The van der Waals surface area contributed by atoms with E-state index >= 15 is 0 Å². The van der Waals surface area contributed by atoms with Gasteiger partial charge in [0.15, 0.2) is 5.82 Å². The van der Waals surface area contributed by atoms with Crippen LogP contribution in [0, 0.1) is 13.8 Å². The van der Waals surface area contributed by atoms with Gasteiger partial charge >= 0.3 is 0 Å². The molecule has 3 aromatic rings. The molecule has 19 heavy (non-hydrogen) atoms. The van der Waals surface area contributed by atoms with E-state index in [1.54, 1.807) is 17.5 Å². The van der Waals surface area contributed by atoms with Crippen molar-refractivity contribution < 1.29 is 0 Å². The highest BCUT2D eigenvalue weighted by Crippen LogP contribution is 2.34. The van der Waals surface area contributed by atoms with Crippen molar-refractivity contribution in [3.05, 3.63) is 29.0 Å². The predicted octanol–water partition coefficient (Wildman–Crippen LogP) is 2.81. The van der Waals surface area contributed by atoms with Crippen molar-refractivity contribution in [1.29, 1.82) is 0 Å². The first-order chi connectivity index (χ1) is 9.20. The normalized spacial score (nSPS) is 10.9. The summed E-state index contributed by atoms with van der Waals surface area (Å²) < 4.78 is 0. The van der Waals surface area contributed by atoms with E-state index in [2.05, 4.69) is 39.1 Å². The SMILES string of the molecule is CNc1nc(-c2ccncn2)nc2sc(C)c(C)c12. The van der Waals surface area contributed by atoms with Crippen molar-refractivity contribution in [2.75, 3.05) is 12.4 Å². The third-order valence-corrected chi connectivity index (χ3v) is 4.18. The summed E-state index contributed by atoms with van der Waals surface area (Å²) in [5, 5.41) is 4.25. The van der Waals surface area contributed by atoms with Crippen LogP contribution in [0.1, 0.15) is 10.4 Å². The van der Waals surface area contributed by atoms with Crippen molar-refractivity contribution in [2.45, 2.75) is 13.8 Å². The zero-order valence-corrected chi connectivity index (χ0v) is 11.7. The average Bonchev–Trinajstić information content (AvgIpc) is 2.74. The van der Waals surface area contributed by atoms with E-state index < -0.39 is 0 Å². The first kappa shape index (κ1) is 12.0. The minimum atomic E-state index is 0.625. The standard InChI is InChI=1S/C13H13N5S/c1-7-8(2)19-13-10(7)12(14-3)17-11(18-13)9-4-5-15-6-16-9/h4-6H,1-3H3,(H,14,17,18). The van der Waals surface area contributed by atoms with Crippen LogP contribution in [0.2, 0.25) is 0 Å². The van der Waals surface area contributed by atoms with Crippen LogP contribution in [0.3, 0.4) is 0 Å². The maximum absolute atomic E-state index is 4.61. The van der Waals surface area contributed by atoms with Gasteiger partial charge in [-0.05, 0) is 25.5 Å². The smallest absolute Gasteiger partial charge is 0.181 e. The minimum absolute atomic E-state index is 0.625. The van der Waals surface area contributed by atoms with E-state index in [1.165, 1.54) is 16.8 Å². The maximum atomic E-state index is 4.61. The van der Waals surface area contributed by atoms with Gasteiger partial charge in [-0.25, -0.2) is 19.9 Å². The van der Waals surface area contributed by atoms with Gasteiger partial charge in [-0.15, -0.1) is 11.3 Å². The molecule has 0 unspecified atom stereocenters. The van der Waals surface area contributed by atoms with Crippen LogP contribution in [0.4, 0.5) is 5.82 Å². The molecule has 0 aliphatic rings. The maximum Gasteiger partial charge on any atom is 0.181 e. The van der Waals surface area contributed by atoms with Crippen molar-refractivity contribution in [3.63, 3.8) is 0 Å². The summed E-state index contributed by atoms with van der Waals surface area (Å²) in [7, 11) is 1.87. The summed E-state index contributed by atoms with van der Waals surface area (Å²) in [6.07, 6.45) is 3.20. The largest absolute Gasteiger partial charge is 0.372 e. The van der Waals surface area contributed by atoms with E-state index in [-0.39, 0.29) is 0 Å². The average molecular weight is 271 g/mol. The van der Waals surface area contributed by atoms with E-state index in [4.69, 9.17) is 0 Å². The summed E-state index contributed by atoms with van der Waals surface area (Å²) >= 11 is 1.68. The van der Waals surface area contributed by atoms with E-state index in [0.29, 0.717) is 5.82 Å². The molecule has 3 heterocycles. The number of nitrogens with zero attached hydrogens (tertiary/aromatic N) is 4. The fourth-order valence-corrected chi connectivity index (χ4v) is 3.00. The highest BCUT2D eigenvalue weighted by atomic mass is 32.1. The second-order valence-corrected chi connectivity index (χ2v) is 5.41. The number of anilines is 1. The zero-order chi connectivity index (χ0) is 13.4. The molecule has 0 spiro atoms. The van der Waals surface area contributed by atoms with Crippen molar-refractivity contribution in [2.24, 2.45) is 0 Å². The Morgan fingerprint density at radius 2 is 2.05 bits per heavy atom. The molecule has 0 saturated heterocycles. The third kappa shape index (κ3) is 1.94. The van der Waals surface area contributed by atoms with E-state index in [0.717, 1.165) is 21.7 Å². The van der Waals surface area contributed by atoms with Gasteiger partial charge < -0.3 is 5.32 Å². The lowest BCUT2D eigenvalue weighted by Gasteiger charge is -2.05. The molecule has 0 aromatic carbocycles. The number of hydrogen-bond acceptors (Lipinski definition) is 6. The molecule has 0 amide bonds. The molecule has 0 fully saturated rings. The number of rotatable bonds is 2. The molecule has 0 radical (unpaired) electrons. The Kier molecular flexibility index (Phi) is 2.87. The van der Waals surface area contributed by atoms with Crippen LogP contribution >= 0.6 is 11.3 Å². The van der Waals surface area contributed by atoms with Gasteiger partial charge in [-0.3, -0.25) is 0 Å². The van der Waals surface area contributed by atoms with Crippen molar-refractivity contribution in [3.8, 4) is 11.5 Å². The third-order valence-electron chi connectivity index (χ3n) is 3.08. The summed E-state index contributed by atoms with van der Waals surface area (Å²) in [5.74, 6) is 1.47. The second-order valence-electron chi connectivity index (χ2n) is 4.20. The summed E-state index contributed by atoms with van der Waals surface area (Å²) in [5.41, 5.74) is 1.97. The molecule has 0 saturated carbocycles. The second kappa shape index (κ2) is 4.55. The van der Waals surface area contributed by atoms with Crippen LogP contribution in [0.5, 0.6) is 0 Å². The highest BCUT2D eigenvalue weighted by molar-refractivity contribution is 7.18. The van der Waals surface area contributed by atoms with Gasteiger partial charge in [0.05, 0.1) is 5.39 Å². The Balaban J connectivity index is 2.29. The molecule has 0 bridgehead atoms. The predicted molar refractivity (Wildman–Crippen MR) is 77.5 cm³/mol. The highest BCUT2D eigenvalue weighted by Gasteiger charge is 2.14. The Morgan fingerprint density at radius 1 is 1.21 bits per heavy atom. The molecule has 1 N–H and O–H groups in total. The molecule has 0 atom stereocenters. The van der Waals surface area contributed by atoms with Crippen molar-refractivity contribution >= 4 is 27.4 Å². The lowest BCUT2D eigenvalue weighted by Crippen LogP contribution is -1.99. The molecule has 96 valence electrons. The molecule has 6 heteroatoms. The van der Waals surface area contributed by atoms with Gasteiger partial charge in [0.25, 0.3) is 0 Å². The van der Waals surface area contributed by atoms with Gasteiger partial charge in [-0.2, -0.15) is 0 Å². The summed E-state index contributed by atoms with van der Waals surface area (Å²) in [4.78, 5) is 19.5. The van der Waals surface area contributed by atoms with Crippen LogP contribution in [0.25, 0.3) is 21.7 Å². The lowest BCUT2D eigenvalue weighted by molar-refractivity contribution is 1.12. The molecule has 3 aromatic heterocycles. The number of hydrogen-bond donors (Lipinski definition) is 1. The molecule has 5 nitrogen and oxygen atoms in total. The number of thiophene rings is 1. The van der Waals surface area contributed by atoms with Crippen LogP contribution in [0.15, 0.2) is 18.6 Å². The molecule has 0 aliphatic carbocycles. The molecular weight excluding hydrogens is 258 g/mol. The Labute approximate surface area is 114 Å². The number of aromatic nitrogens is 4. The summed E-state index contributed by atoms with van der Waals surface area (Å²) in [6.45, 7) is 4.20. The van der Waals surface area contributed by atoms with Crippen LogP contribution in [-0.2, 0) is 0 Å². The van der Waals surface area contributed by atoms with Crippen molar-refractivity contribution in [1.82, 2.24) is 19.9 Å². The number of aryl methyl sites for hydroxylation is 2. The van der Waals surface area contributed by atoms with Gasteiger partial charge in [0.1, 0.15) is 22.7 Å². The molecule has 0 aliphatic heterocycles. The van der Waals surface area contributed by atoms with Crippen LogP contribution in [-0.4, -0.2) is 27.0 Å². The first-order valence-electron chi connectivity index (χ1n) is 5.92. The van der Waals surface area contributed by atoms with E-state index in [9.17, 15) is 0 Å². The van der Waals surface area contributed by atoms with Gasteiger partial charge in [0.2, 0.25) is 0 Å². The topological polar surface area (TPSA) is 63.6 Å². The quantitative estimate of drug-likeness (QED) is 0.776. The monoisotopic (exact) mass is 271 g/mol. The Bertz CT molecular complexity index is 736. The van der Waals surface area contributed by atoms with Gasteiger partial charge in [0, 0.05) is 18.1 Å². The minimum Gasteiger partial charge on any atom is -0.372 e. The Morgan fingerprint density at radius 3 is 2.74 bits per heavy atom. The fourth-order valence-electron chi connectivity index (χ4n) is 1.97. The van der Waals surface area contributed by atoms with E-state index in [1.807, 2.05) is 13.1 Å². The number of fused-ring (bicyclic) bond motifs is 1. The Hall–Kier alpha value is -2.08. The first-order valence-corrected chi connectivity index (χ1v) is 6.74. The molecule has 3 rings (SSSR count).